The summed E-state index contributed by atoms with van der Waals surface area (Å²) in [4.78, 5) is 6.13. The topological polar surface area (TPSA) is 42.1 Å². The van der Waals surface area contributed by atoms with Gasteiger partial charge in [0.1, 0.15) is 5.75 Å². The molecule has 2 aromatic rings. The van der Waals surface area contributed by atoms with Crippen molar-refractivity contribution in [3.63, 3.8) is 0 Å². The van der Waals surface area contributed by atoms with Crippen LogP contribution < -0.4 is 0 Å². The molecule has 4 atom stereocenters. The van der Waals surface area contributed by atoms with Crippen LogP contribution in [0.15, 0.2) is 24.4 Å². The van der Waals surface area contributed by atoms with Crippen molar-refractivity contribution >= 4 is 22.1 Å². The van der Waals surface area contributed by atoms with Gasteiger partial charge >= 0.3 is 0 Å². The summed E-state index contributed by atoms with van der Waals surface area (Å²) in [5.41, 5.74) is 4.28. The molecule has 1 aromatic carbocycles. The second kappa shape index (κ2) is 6.15. The highest BCUT2D eigenvalue weighted by Gasteiger charge is 2.41. The van der Waals surface area contributed by atoms with Crippen molar-refractivity contribution in [2.45, 2.75) is 38.1 Å². The van der Waals surface area contributed by atoms with Crippen LogP contribution in [-0.2, 0) is 17.6 Å². The Hall–Kier alpha value is -0.970. The Kier molecular flexibility index (Phi) is 4.16. The maximum absolute atomic E-state index is 11.8. The molecule has 0 spiro atoms. The SMILES string of the molecule is CCCN1C[C@H](C[S+](C)[O-])C[C@@H]2c3cccc4[nH]cc(c34)C[C@H]21. The second-order valence-electron chi connectivity index (χ2n) is 7.30. The van der Waals surface area contributed by atoms with E-state index in [1.807, 2.05) is 6.26 Å². The summed E-state index contributed by atoms with van der Waals surface area (Å²) in [5, 5.41) is 1.46. The first-order chi connectivity index (χ1) is 11.2. The highest BCUT2D eigenvalue weighted by atomic mass is 32.2. The van der Waals surface area contributed by atoms with Crippen LogP contribution in [0.2, 0.25) is 0 Å². The van der Waals surface area contributed by atoms with Crippen LogP contribution in [0.4, 0.5) is 0 Å². The van der Waals surface area contributed by atoms with Crippen molar-refractivity contribution in [1.82, 2.24) is 9.88 Å². The van der Waals surface area contributed by atoms with E-state index < -0.39 is 11.2 Å². The molecule has 1 N–H and O–H groups in total. The van der Waals surface area contributed by atoms with Gasteiger partial charge in [0.15, 0.2) is 0 Å². The van der Waals surface area contributed by atoms with Crippen molar-refractivity contribution < 1.29 is 4.55 Å². The van der Waals surface area contributed by atoms with Crippen LogP contribution in [0.3, 0.4) is 0 Å². The summed E-state index contributed by atoms with van der Waals surface area (Å²) in [7, 11) is 0. The van der Waals surface area contributed by atoms with Crippen LogP contribution in [0.5, 0.6) is 0 Å². The van der Waals surface area contributed by atoms with Crippen molar-refractivity contribution in [1.29, 1.82) is 0 Å². The predicted octanol–water partition coefficient (Wildman–Crippen LogP) is 3.29. The van der Waals surface area contributed by atoms with E-state index >= 15 is 0 Å². The molecule has 1 fully saturated rings. The smallest absolute Gasteiger partial charge is 0.109 e. The first-order valence-corrected chi connectivity index (χ1v) is 10.5. The Morgan fingerprint density at radius 2 is 2.26 bits per heavy atom. The van der Waals surface area contributed by atoms with Crippen LogP contribution in [0.25, 0.3) is 10.9 Å². The number of H-pyrrole nitrogens is 1. The molecule has 124 valence electrons. The van der Waals surface area contributed by atoms with E-state index in [-0.39, 0.29) is 0 Å². The number of piperidine rings is 1. The Labute approximate surface area is 141 Å². The van der Waals surface area contributed by atoms with Gasteiger partial charge in [0.2, 0.25) is 0 Å². The maximum Gasteiger partial charge on any atom is 0.109 e. The van der Waals surface area contributed by atoms with E-state index in [9.17, 15) is 4.55 Å². The first-order valence-electron chi connectivity index (χ1n) is 8.80. The number of nitrogens with one attached hydrogen (secondary N) is 1. The van der Waals surface area contributed by atoms with E-state index in [0.717, 1.165) is 25.3 Å². The van der Waals surface area contributed by atoms with Gasteiger partial charge in [0.05, 0.1) is 6.26 Å². The average Bonchev–Trinajstić information content (AvgIpc) is 2.93. The Bertz CT molecular complexity index is 696. The lowest BCUT2D eigenvalue weighted by Crippen LogP contribution is -2.51. The molecule has 4 heteroatoms. The lowest BCUT2D eigenvalue weighted by Gasteiger charge is -2.47. The number of hydrogen-bond acceptors (Lipinski definition) is 2. The summed E-state index contributed by atoms with van der Waals surface area (Å²) >= 11 is -0.701. The van der Waals surface area contributed by atoms with Crippen LogP contribution >= 0.6 is 0 Å². The lowest BCUT2D eigenvalue weighted by molar-refractivity contribution is 0.0920. The quantitative estimate of drug-likeness (QED) is 0.874. The van der Waals surface area contributed by atoms with Crippen molar-refractivity contribution in [2.75, 3.05) is 25.1 Å². The summed E-state index contributed by atoms with van der Waals surface area (Å²) in [6.45, 7) is 4.54. The zero-order chi connectivity index (χ0) is 16.0. The van der Waals surface area contributed by atoms with Crippen molar-refractivity contribution in [3.05, 3.63) is 35.5 Å². The molecule has 0 bridgehead atoms. The highest BCUT2D eigenvalue weighted by Crippen LogP contribution is 2.44. The van der Waals surface area contributed by atoms with Gasteiger partial charge in [0, 0.05) is 41.5 Å². The summed E-state index contributed by atoms with van der Waals surface area (Å²) in [6.07, 6.45) is 7.59. The minimum atomic E-state index is -0.701. The number of aromatic nitrogens is 1. The average molecular weight is 330 g/mol. The van der Waals surface area contributed by atoms with E-state index in [2.05, 4.69) is 41.2 Å². The summed E-state index contributed by atoms with van der Waals surface area (Å²) in [6, 6.07) is 7.32. The molecule has 2 aliphatic rings. The van der Waals surface area contributed by atoms with Gasteiger partial charge in [0.25, 0.3) is 0 Å². The number of aromatic amines is 1. The van der Waals surface area contributed by atoms with E-state index in [1.54, 1.807) is 0 Å². The fourth-order valence-corrected chi connectivity index (χ4v) is 5.80. The van der Waals surface area contributed by atoms with Gasteiger partial charge in [-0.2, -0.15) is 0 Å². The van der Waals surface area contributed by atoms with Crippen LogP contribution in [-0.4, -0.2) is 45.6 Å². The molecule has 1 saturated heterocycles. The molecular formula is C19H26N2OS. The first kappa shape index (κ1) is 15.6. The fraction of sp³-hybridized carbons (Fsp3) is 0.579. The molecule has 2 heterocycles. The maximum atomic E-state index is 11.8. The highest BCUT2D eigenvalue weighted by molar-refractivity contribution is 7.90. The van der Waals surface area contributed by atoms with Crippen LogP contribution in [0.1, 0.15) is 36.8 Å². The standard InChI is InChI=1S/C19H26N2OS/c1-3-7-21-11-13(12-23(2)22)8-16-15-5-4-6-17-19(15)14(10-20-17)9-18(16)21/h4-6,10,13,16,18,20H,3,7-9,11-12H2,1-2H3/t13-,16-,18-,23?/m1/s1. The Morgan fingerprint density at radius 3 is 3.04 bits per heavy atom. The zero-order valence-corrected chi connectivity index (χ0v) is 14.9. The molecule has 0 radical (unpaired) electrons. The largest absolute Gasteiger partial charge is 0.617 e. The molecule has 1 unspecified atom stereocenters. The third kappa shape index (κ3) is 2.71. The number of benzene rings is 1. The molecule has 0 saturated carbocycles. The van der Waals surface area contributed by atoms with Gasteiger partial charge in [-0.3, -0.25) is 4.90 Å². The summed E-state index contributed by atoms with van der Waals surface area (Å²) in [5.74, 6) is 2.00. The van der Waals surface area contributed by atoms with Gasteiger partial charge in [-0.25, -0.2) is 0 Å². The number of rotatable bonds is 4. The minimum absolute atomic E-state index is 0.560. The molecule has 23 heavy (non-hydrogen) atoms. The van der Waals surface area contributed by atoms with Gasteiger partial charge in [-0.05, 0) is 43.0 Å². The molecule has 3 nitrogen and oxygen atoms in total. The molecule has 4 rings (SSSR count). The predicted molar refractivity (Wildman–Crippen MR) is 97.4 cm³/mol. The van der Waals surface area contributed by atoms with E-state index in [4.69, 9.17) is 0 Å². The molecular weight excluding hydrogens is 304 g/mol. The second-order valence-corrected chi connectivity index (χ2v) is 8.78. The normalized spacial score (nSPS) is 28.7. The van der Waals surface area contributed by atoms with E-state index in [0.29, 0.717) is 17.9 Å². The molecule has 1 aliphatic carbocycles. The zero-order valence-electron chi connectivity index (χ0n) is 14.0. The molecule has 0 amide bonds. The monoisotopic (exact) mass is 330 g/mol. The van der Waals surface area contributed by atoms with E-state index in [1.165, 1.54) is 34.9 Å². The van der Waals surface area contributed by atoms with Gasteiger partial charge in [-0.15, -0.1) is 0 Å². The molecule has 1 aromatic heterocycles. The van der Waals surface area contributed by atoms with Gasteiger partial charge in [-0.1, -0.05) is 30.2 Å². The summed E-state index contributed by atoms with van der Waals surface area (Å²) < 4.78 is 11.8. The lowest BCUT2D eigenvalue weighted by atomic mass is 9.72. The van der Waals surface area contributed by atoms with Crippen molar-refractivity contribution in [2.24, 2.45) is 5.92 Å². The Balaban J connectivity index is 1.73. The third-order valence-corrected chi connectivity index (χ3v) is 6.58. The Morgan fingerprint density at radius 1 is 1.39 bits per heavy atom. The third-order valence-electron chi connectivity index (χ3n) is 5.64. The van der Waals surface area contributed by atoms with Crippen molar-refractivity contribution in [3.8, 4) is 0 Å². The number of nitrogens with zero attached hydrogens (tertiary/aromatic N) is 1. The number of likely N-dealkylation sites (tertiary alicyclic amines) is 1. The molecule has 1 aliphatic heterocycles. The minimum Gasteiger partial charge on any atom is -0.617 e. The van der Waals surface area contributed by atoms with Gasteiger partial charge < -0.3 is 9.54 Å². The number of fused-ring (bicyclic) bond motifs is 2. The van der Waals surface area contributed by atoms with Crippen LogP contribution in [0, 0.1) is 5.92 Å². The number of hydrogen-bond donors (Lipinski definition) is 1. The fourth-order valence-electron chi connectivity index (χ4n) is 4.90.